The molecule has 0 spiro atoms. The number of alkyl halides is 3. The van der Waals surface area contributed by atoms with Crippen LogP contribution in [0.5, 0.6) is 0 Å². The highest BCUT2D eigenvalue weighted by molar-refractivity contribution is 7.45. The molecule has 0 fully saturated rings. The zero-order chi connectivity index (χ0) is 20.3. The number of phosphoric ester groups is 1. The third-order valence-electron chi connectivity index (χ3n) is 3.67. The minimum Gasteiger partial charge on any atom is -0.755 e. The van der Waals surface area contributed by atoms with E-state index in [0.29, 0.717) is 6.42 Å². The Kier molecular flexibility index (Phi) is 10.0. The smallest absolute Gasteiger partial charge is 0.416 e. The molecule has 1 amide bonds. The molecule has 154 valence electrons. The van der Waals surface area contributed by atoms with Crippen LogP contribution in [0, 0.1) is 0 Å². The quantitative estimate of drug-likeness (QED) is 0.318. The van der Waals surface area contributed by atoms with E-state index in [1.54, 1.807) is 5.48 Å². The summed E-state index contributed by atoms with van der Waals surface area (Å²) in [5.41, 5.74) is 1.24. The molecule has 10 heteroatoms. The van der Waals surface area contributed by atoms with Crippen LogP contribution in [-0.2, 0) is 31.1 Å². The number of hydrogen-bond acceptors (Lipinski definition) is 5. The SMILES string of the molecule is CCCCCCCC(=O)NOP(=O)([O-])OCCc1cccc(C(F)(F)F)c1. The van der Waals surface area contributed by atoms with E-state index in [1.165, 1.54) is 12.1 Å². The molecule has 0 saturated carbocycles. The second-order valence-electron chi connectivity index (χ2n) is 6.01. The maximum atomic E-state index is 12.6. The lowest BCUT2D eigenvalue weighted by Crippen LogP contribution is -2.25. The zero-order valence-electron chi connectivity index (χ0n) is 15.1. The first-order valence-electron chi connectivity index (χ1n) is 8.73. The van der Waals surface area contributed by atoms with E-state index in [1.807, 2.05) is 0 Å². The average molecular weight is 410 g/mol. The van der Waals surface area contributed by atoms with E-state index in [2.05, 4.69) is 16.1 Å². The molecule has 0 aromatic heterocycles. The molecule has 0 saturated heterocycles. The molecule has 0 aliphatic rings. The van der Waals surface area contributed by atoms with Gasteiger partial charge in [-0.3, -0.25) is 9.36 Å². The van der Waals surface area contributed by atoms with Crippen molar-refractivity contribution >= 4 is 13.7 Å². The summed E-state index contributed by atoms with van der Waals surface area (Å²) in [7, 11) is -4.78. The van der Waals surface area contributed by atoms with E-state index in [9.17, 15) is 27.4 Å². The number of benzene rings is 1. The van der Waals surface area contributed by atoms with Crippen molar-refractivity contribution in [3.63, 3.8) is 0 Å². The van der Waals surface area contributed by atoms with E-state index < -0.39 is 32.1 Å². The molecule has 1 N–H and O–H groups in total. The van der Waals surface area contributed by atoms with Gasteiger partial charge in [-0.2, -0.15) is 13.2 Å². The van der Waals surface area contributed by atoms with Gasteiger partial charge in [0.15, 0.2) is 0 Å². The van der Waals surface area contributed by atoms with Crippen LogP contribution < -0.4 is 10.4 Å². The van der Waals surface area contributed by atoms with Gasteiger partial charge in [0.1, 0.15) is 0 Å². The molecular formula is C17H24F3NO5P-. The number of carbonyl (C=O) groups is 1. The van der Waals surface area contributed by atoms with Crippen molar-refractivity contribution in [1.29, 1.82) is 0 Å². The molecule has 1 atom stereocenters. The Morgan fingerprint density at radius 3 is 2.59 bits per heavy atom. The molecule has 1 rings (SSSR count). The zero-order valence-corrected chi connectivity index (χ0v) is 16.0. The Morgan fingerprint density at radius 1 is 1.22 bits per heavy atom. The van der Waals surface area contributed by atoms with Crippen LogP contribution in [0.15, 0.2) is 24.3 Å². The fourth-order valence-electron chi connectivity index (χ4n) is 2.25. The van der Waals surface area contributed by atoms with E-state index in [0.717, 1.165) is 37.8 Å². The predicted octanol–water partition coefficient (Wildman–Crippen LogP) is 4.14. The Bertz CT molecular complexity index is 639. The summed E-state index contributed by atoms with van der Waals surface area (Å²) >= 11 is 0. The monoisotopic (exact) mass is 410 g/mol. The summed E-state index contributed by atoms with van der Waals surface area (Å²) in [6, 6.07) is 4.49. The fraction of sp³-hybridized carbons (Fsp3) is 0.588. The fourth-order valence-corrected chi connectivity index (χ4v) is 2.83. The van der Waals surface area contributed by atoms with E-state index in [-0.39, 0.29) is 18.4 Å². The Balaban J connectivity index is 2.31. The second-order valence-corrected chi connectivity index (χ2v) is 7.34. The van der Waals surface area contributed by atoms with Crippen LogP contribution >= 0.6 is 7.82 Å². The molecular weight excluding hydrogens is 386 g/mol. The van der Waals surface area contributed by atoms with E-state index >= 15 is 0 Å². The summed E-state index contributed by atoms with van der Waals surface area (Å²) in [6.07, 6.45) is 0.232. The highest BCUT2D eigenvalue weighted by Gasteiger charge is 2.30. The molecule has 0 radical (unpaired) electrons. The van der Waals surface area contributed by atoms with Crippen molar-refractivity contribution in [2.75, 3.05) is 6.61 Å². The van der Waals surface area contributed by atoms with Gasteiger partial charge < -0.3 is 9.42 Å². The van der Waals surface area contributed by atoms with Gasteiger partial charge in [-0.1, -0.05) is 50.8 Å². The molecule has 0 bridgehead atoms. The van der Waals surface area contributed by atoms with Crippen LogP contribution in [-0.4, -0.2) is 12.5 Å². The van der Waals surface area contributed by atoms with Gasteiger partial charge in [0.2, 0.25) is 5.91 Å². The van der Waals surface area contributed by atoms with Crippen LogP contribution in [0.2, 0.25) is 0 Å². The molecule has 1 aromatic carbocycles. The first kappa shape index (κ1) is 23.6. The number of rotatable bonds is 12. The van der Waals surface area contributed by atoms with Gasteiger partial charge in [0.25, 0.3) is 7.82 Å². The number of halogens is 3. The molecule has 1 aromatic rings. The number of carbonyl (C=O) groups excluding carboxylic acids is 1. The molecule has 27 heavy (non-hydrogen) atoms. The van der Waals surface area contributed by atoms with Gasteiger partial charge in [0.05, 0.1) is 12.2 Å². The predicted molar refractivity (Wildman–Crippen MR) is 91.3 cm³/mol. The summed E-state index contributed by atoms with van der Waals surface area (Å²) in [5.74, 6) is -0.580. The molecule has 0 aliphatic heterocycles. The highest BCUT2D eigenvalue weighted by atomic mass is 31.2. The lowest BCUT2D eigenvalue weighted by Gasteiger charge is -2.22. The van der Waals surface area contributed by atoms with Crippen molar-refractivity contribution in [2.45, 2.75) is 58.0 Å². The largest absolute Gasteiger partial charge is 0.755 e. The maximum absolute atomic E-state index is 12.6. The maximum Gasteiger partial charge on any atom is 0.416 e. The summed E-state index contributed by atoms with van der Waals surface area (Å²) in [6.45, 7) is 1.66. The molecule has 0 aliphatic carbocycles. The summed E-state index contributed by atoms with van der Waals surface area (Å²) in [5, 5.41) is 0. The van der Waals surface area contributed by atoms with Gasteiger partial charge in [-0.05, 0) is 24.5 Å². The third kappa shape index (κ3) is 10.5. The number of hydroxylamine groups is 1. The van der Waals surface area contributed by atoms with Crippen molar-refractivity contribution in [3.8, 4) is 0 Å². The first-order valence-corrected chi connectivity index (χ1v) is 10.2. The average Bonchev–Trinajstić information content (AvgIpc) is 2.59. The third-order valence-corrected chi connectivity index (χ3v) is 4.49. The van der Waals surface area contributed by atoms with Crippen LogP contribution in [0.4, 0.5) is 13.2 Å². The Labute approximate surface area is 156 Å². The number of nitrogens with one attached hydrogen (secondary N) is 1. The van der Waals surface area contributed by atoms with Gasteiger partial charge in [-0.25, -0.2) is 10.1 Å². The Morgan fingerprint density at radius 2 is 1.93 bits per heavy atom. The van der Waals surface area contributed by atoms with Gasteiger partial charge in [0, 0.05) is 6.42 Å². The van der Waals surface area contributed by atoms with Crippen LogP contribution in [0.1, 0.15) is 56.6 Å². The normalized spacial score (nSPS) is 14.0. The summed E-state index contributed by atoms with van der Waals surface area (Å²) in [4.78, 5) is 23.0. The second kappa shape index (κ2) is 11.4. The number of amides is 1. The minimum absolute atomic E-state index is 0.0646. The summed E-state index contributed by atoms with van der Waals surface area (Å²) < 4.78 is 58.2. The van der Waals surface area contributed by atoms with Crippen molar-refractivity contribution < 1.29 is 36.6 Å². The standard InChI is InChI=1S/C17H25F3NO5P/c1-2-3-4-5-6-10-16(22)21-26-27(23,24)25-12-11-14-8-7-9-15(13-14)17(18,19)20/h7-9,13H,2-6,10-12H2,1H3,(H,21,22)(H,23,24)/p-1. The van der Waals surface area contributed by atoms with Gasteiger partial charge in [-0.15, -0.1) is 0 Å². The molecule has 6 nitrogen and oxygen atoms in total. The number of hydrogen-bond donors (Lipinski definition) is 1. The van der Waals surface area contributed by atoms with Gasteiger partial charge >= 0.3 is 6.18 Å². The number of unbranched alkanes of at least 4 members (excludes halogenated alkanes) is 4. The molecule has 0 heterocycles. The topological polar surface area (TPSA) is 87.7 Å². The lowest BCUT2D eigenvalue weighted by molar-refractivity contribution is -0.231. The van der Waals surface area contributed by atoms with Crippen molar-refractivity contribution in [1.82, 2.24) is 5.48 Å². The van der Waals surface area contributed by atoms with Crippen molar-refractivity contribution in [3.05, 3.63) is 35.4 Å². The Hall–Kier alpha value is -1.41. The van der Waals surface area contributed by atoms with E-state index in [4.69, 9.17) is 0 Å². The highest BCUT2D eigenvalue weighted by Crippen LogP contribution is 2.37. The minimum atomic E-state index is -4.78. The van der Waals surface area contributed by atoms with Crippen LogP contribution in [0.3, 0.4) is 0 Å². The number of phosphoric acid groups is 1. The van der Waals surface area contributed by atoms with Crippen molar-refractivity contribution in [2.24, 2.45) is 0 Å². The first-order chi connectivity index (χ1) is 12.6. The molecule has 1 unspecified atom stereocenters. The lowest BCUT2D eigenvalue weighted by atomic mass is 10.1. The van der Waals surface area contributed by atoms with Crippen LogP contribution in [0.25, 0.3) is 0 Å².